The second-order valence-electron chi connectivity index (χ2n) is 22.7. The molecule has 0 spiro atoms. The molecule has 2 unspecified atom stereocenters. The summed E-state index contributed by atoms with van der Waals surface area (Å²) in [6, 6.07) is 0. The normalized spacial score (nSPS) is 14.2. The number of rotatable bonds is 59. The van der Waals surface area contributed by atoms with Gasteiger partial charge in [0.25, 0.3) is 0 Å². The Morgan fingerprint density at radius 1 is 0.369 bits per heavy atom. The lowest BCUT2D eigenvalue weighted by molar-refractivity contribution is -0.870. The molecule has 0 amide bonds. The predicted octanol–water partition coefficient (Wildman–Crippen LogP) is 21.6. The van der Waals surface area contributed by atoms with Crippen molar-refractivity contribution < 1.29 is 42.1 Å². The average molecular weight is 1190 g/mol. The minimum absolute atomic E-state index is 0.0207. The number of likely N-dealkylation sites (N-methyl/N-ethyl adjacent to an activating group) is 1. The lowest BCUT2D eigenvalue weighted by atomic mass is 10.0. The quantitative estimate of drug-likeness (QED) is 0.0211. The molecule has 0 aromatic rings. The zero-order valence-electron chi connectivity index (χ0n) is 54.1. The molecular weight excluding hydrogens is 1060 g/mol. The molecule has 10 heteroatoms. The fourth-order valence-electron chi connectivity index (χ4n) is 8.53. The third-order valence-electron chi connectivity index (χ3n) is 13.6. The maximum atomic E-state index is 12.9. The first kappa shape index (κ1) is 79.6. The number of nitrogens with zero attached hydrogens (tertiary/aromatic N) is 1. The van der Waals surface area contributed by atoms with Crippen LogP contribution in [-0.2, 0) is 32.7 Å². The molecule has 9 nitrogen and oxygen atoms in total. The number of quaternary nitrogens is 1. The van der Waals surface area contributed by atoms with Crippen LogP contribution in [0.3, 0.4) is 0 Å². The number of esters is 2. The van der Waals surface area contributed by atoms with E-state index in [1.54, 1.807) is 0 Å². The van der Waals surface area contributed by atoms with Gasteiger partial charge in [-0.25, -0.2) is 4.57 Å². The molecule has 2 atom stereocenters. The van der Waals surface area contributed by atoms with Gasteiger partial charge in [-0.3, -0.25) is 18.6 Å². The number of allylic oxidation sites excluding steroid dienone is 26. The molecule has 1 N–H and O–H groups in total. The fraction of sp³-hybridized carbons (Fsp3) is 0.622. The van der Waals surface area contributed by atoms with E-state index in [2.05, 4.69) is 172 Å². The standard InChI is InChI=1S/C74H122NO8P/c1-6-8-10-12-14-16-18-20-22-24-26-28-29-30-31-32-33-34-35-36-37-38-39-40-41-42-43-44-45-47-49-51-53-55-57-59-61-63-65-67-74(77)83-72(71-82-84(78,79)81-69-68-75(3,4)5)70-80-73(76)66-64-62-60-58-56-54-52-50-48-46-27-25-23-21-19-17-15-13-11-9-7-2/h8-11,14-17,20-23,26-28,30-31,33-34,36-37,39-40,46,50,52,72H,6-7,12-13,18-19,24-25,29,32,35,38,41-45,47-49,51,53-71H2,1-5H3/p+1/b10-8-,11-9-,16-14-,17-15-,22-20-,23-21-,28-26-,31-30-,34-33-,37-36-,40-39-,46-27-,52-50-. The van der Waals surface area contributed by atoms with Crippen LogP contribution in [0, 0.1) is 0 Å². The molecule has 0 aliphatic rings. The number of ether oxygens (including phenoxy) is 2. The van der Waals surface area contributed by atoms with Gasteiger partial charge in [0.1, 0.15) is 19.8 Å². The summed E-state index contributed by atoms with van der Waals surface area (Å²) < 4.78 is 34.6. The van der Waals surface area contributed by atoms with Gasteiger partial charge in [-0.05, 0) is 122 Å². The smallest absolute Gasteiger partial charge is 0.462 e. The molecule has 0 aromatic heterocycles. The fourth-order valence-corrected chi connectivity index (χ4v) is 9.27. The number of unbranched alkanes of at least 4 members (excludes halogenated alkanes) is 19. The number of hydrogen-bond acceptors (Lipinski definition) is 7. The van der Waals surface area contributed by atoms with Gasteiger partial charge in [-0.1, -0.05) is 268 Å². The van der Waals surface area contributed by atoms with Crippen LogP contribution in [0.15, 0.2) is 158 Å². The van der Waals surface area contributed by atoms with Crippen molar-refractivity contribution in [3.8, 4) is 0 Å². The van der Waals surface area contributed by atoms with Crippen molar-refractivity contribution >= 4 is 19.8 Å². The average Bonchev–Trinajstić information content (AvgIpc) is 3.61. The SMILES string of the molecule is CC/C=C\C/C=C\C/C=C\C/C=C\C/C=C\C/C=C\C/C=C\C/C=C\CCCCCCCCCCCCCCCCC(=O)OC(COC(=O)CCCCCCC/C=C\C/C=C\C/C=C\C/C=C\C/C=C\CC)COP(=O)(O)OCC[N+](C)(C)C. The summed E-state index contributed by atoms with van der Waals surface area (Å²) in [5.41, 5.74) is 0. The van der Waals surface area contributed by atoms with E-state index in [1.807, 2.05) is 21.1 Å². The highest BCUT2D eigenvalue weighted by molar-refractivity contribution is 7.47. The maximum Gasteiger partial charge on any atom is 0.472 e. The Hall–Kier alpha value is -4.37. The molecule has 0 bridgehead atoms. The summed E-state index contributed by atoms with van der Waals surface area (Å²) in [5, 5.41) is 0. The van der Waals surface area contributed by atoms with Crippen LogP contribution in [0.5, 0.6) is 0 Å². The van der Waals surface area contributed by atoms with Crippen molar-refractivity contribution in [2.24, 2.45) is 0 Å². The molecule has 0 aromatic carbocycles. The molecule has 0 radical (unpaired) electrons. The molecule has 0 fully saturated rings. The number of hydrogen-bond donors (Lipinski definition) is 1. The van der Waals surface area contributed by atoms with Crippen LogP contribution < -0.4 is 0 Å². The highest BCUT2D eigenvalue weighted by atomic mass is 31.2. The van der Waals surface area contributed by atoms with Crippen molar-refractivity contribution in [3.63, 3.8) is 0 Å². The van der Waals surface area contributed by atoms with Crippen molar-refractivity contribution in [1.82, 2.24) is 0 Å². The Labute approximate surface area is 516 Å². The molecular formula is C74H123NO8P+. The van der Waals surface area contributed by atoms with Crippen LogP contribution in [0.25, 0.3) is 0 Å². The van der Waals surface area contributed by atoms with E-state index >= 15 is 0 Å². The summed E-state index contributed by atoms with van der Waals surface area (Å²) in [7, 11) is 1.45. The molecule has 476 valence electrons. The zero-order chi connectivity index (χ0) is 61.2. The van der Waals surface area contributed by atoms with Gasteiger partial charge in [0.05, 0.1) is 27.7 Å². The van der Waals surface area contributed by atoms with Gasteiger partial charge in [0.2, 0.25) is 0 Å². The van der Waals surface area contributed by atoms with E-state index in [9.17, 15) is 19.0 Å². The van der Waals surface area contributed by atoms with Gasteiger partial charge < -0.3 is 18.9 Å². The third kappa shape index (κ3) is 66.8. The highest BCUT2D eigenvalue weighted by Gasteiger charge is 2.27. The monoisotopic (exact) mass is 1180 g/mol. The molecule has 84 heavy (non-hydrogen) atoms. The topological polar surface area (TPSA) is 108 Å². The Bertz CT molecular complexity index is 1970. The van der Waals surface area contributed by atoms with E-state index in [1.165, 1.54) is 70.6 Å². The Kier molecular flexibility index (Phi) is 59.9. The summed E-state index contributed by atoms with van der Waals surface area (Å²) in [5.74, 6) is -0.827. The number of carbonyl (C=O) groups excluding carboxylic acids is 2. The second-order valence-corrected chi connectivity index (χ2v) is 24.2. The Balaban J connectivity index is 4.10. The summed E-state index contributed by atoms with van der Waals surface area (Å²) >= 11 is 0. The number of phosphoric acid groups is 1. The predicted molar refractivity (Wildman–Crippen MR) is 362 cm³/mol. The minimum atomic E-state index is -4.40. The summed E-state index contributed by atoms with van der Waals surface area (Å²) in [4.78, 5) is 35.8. The van der Waals surface area contributed by atoms with Crippen LogP contribution in [-0.4, -0.2) is 74.9 Å². The Morgan fingerprint density at radius 3 is 0.952 bits per heavy atom. The molecule has 0 heterocycles. The summed E-state index contributed by atoms with van der Waals surface area (Å²) in [6.07, 6.45) is 94.8. The van der Waals surface area contributed by atoms with Gasteiger partial charge in [-0.15, -0.1) is 0 Å². The van der Waals surface area contributed by atoms with E-state index in [0.717, 1.165) is 135 Å². The van der Waals surface area contributed by atoms with Gasteiger partial charge in [-0.2, -0.15) is 0 Å². The highest BCUT2D eigenvalue weighted by Crippen LogP contribution is 2.43. The van der Waals surface area contributed by atoms with Gasteiger partial charge >= 0.3 is 19.8 Å². The zero-order valence-corrected chi connectivity index (χ0v) is 55.0. The number of carbonyl (C=O) groups is 2. The van der Waals surface area contributed by atoms with Gasteiger partial charge in [0.15, 0.2) is 6.10 Å². The van der Waals surface area contributed by atoms with Crippen LogP contribution >= 0.6 is 7.82 Å². The van der Waals surface area contributed by atoms with Crippen LogP contribution in [0.4, 0.5) is 0 Å². The van der Waals surface area contributed by atoms with Crippen LogP contribution in [0.1, 0.15) is 245 Å². The lowest BCUT2D eigenvalue weighted by Crippen LogP contribution is -2.37. The first-order chi connectivity index (χ1) is 41.0. The van der Waals surface area contributed by atoms with E-state index < -0.39 is 26.5 Å². The van der Waals surface area contributed by atoms with E-state index in [-0.39, 0.29) is 32.0 Å². The van der Waals surface area contributed by atoms with Crippen molar-refractivity contribution in [3.05, 3.63) is 158 Å². The molecule has 0 saturated heterocycles. The van der Waals surface area contributed by atoms with Crippen LogP contribution in [0.2, 0.25) is 0 Å². The van der Waals surface area contributed by atoms with Crippen molar-refractivity contribution in [2.75, 3.05) is 47.5 Å². The van der Waals surface area contributed by atoms with E-state index in [0.29, 0.717) is 23.9 Å². The first-order valence-electron chi connectivity index (χ1n) is 33.2. The minimum Gasteiger partial charge on any atom is -0.462 e. The largest absolute Gasteiger partial charge is 0.472 e. The van der Waals surface area contributed by atoms with Crippen molar-refractivity contribution in [1.29, 1.82) is 0 Å². The van der Waals surface area contributed by atoms with Crippen molar-refractivity contribution in [2.45, 2.75) is 251 Å². The third-order valence-corrected chi connectivity index (χ3v) is 14.5. The number of phosphoric ester groups is 1. The maximum absolute atomic E-state index is 12.9. The molecule has 0 rings (SSSR count). The first-order valence-corrected chi connectivity index (χ1v) is 34.7. The Morgan fingerprint density at radius 2 is 0.643 bits per heavy atom. The molecule has 0 saturated carbocycles. The van der Waals surface area contributed by atoms with E-state index in [4.69, 9.17) is 18.5 Å². The lowest BCUT2D eigenvalue weighted by Gasteiger charge is -2.24. The van der Waals surface area contributed by atoms with Gasteiger partial charge in [0, 0.05) is 12.8 Å². The summed E-state index contributed by atoms with van der Waals surface area (Å²) in [6.45, 7) is 4.17. The molecule has 0 aliphatic carbocycles. The molecule has 0 aliphatic heterocycles. The second kappa shape index (κ2) is 63.1.